The number of rotatable bonds is 0. The summed E-state index contributed by atoms with van der Waals surface area (Å²) in [6.45, 7) is 0. The van der Waals surface area contributed by atoms with E-state index >= 15 is 0 Å². The lowest BCUT2D eigenvalue weighted by molar-refractivity contribution is -0.153. The molecule has 2 bridgehead atoms. The van der Waals surface area contributed by atoms with Crippen molar-refractivity contribution < 1.29 is 9.53 Å². The van der Waals surface area contributed by atoms with Gasteiger partial charge < -0.3 is 4.74 Å². The van der Waals surface area contributed by atoms with Crippen molar-refractivity contribution in [2.75, 3.05) is 0 Å². The van der Waals surface area contributed by atoms with Gasteiger partial charge >= 0.3 is 5.97 Å². The van der Waals surface area contributed by atoms with E-state index in [0.29, 0.717) is 17.8 Å². The van der Waals surface area contributed by atoms with Gasteiger partial charge in [0.2, 0.25) is 0 Å². The van der Waals surface area contributed by atoms with E-state index in [1.54, 1.807) is 0 Å². The van der Waals surface area contributed by atoms with Crippen molar-refractivity contribution in [3.05, 3.63) is 12.2 Å². The van der Waals surface area contributed by atoms with Crippen LogP contribution in [0.1, 0.15) is 38.5 Å². The third-order valence-electron chi connectivity index (χ3n) is 6.68. The van der Waals surface area contributed by atoms with E-state index in [4.69, 9.17) is 4.74 Å². The fraction of sp³-hybridized carbons (Fsp3) is 0.812. The normalized spacial score (nSPS) is 54.1. The number of hydrogen-bond donors (Lipinski definition) is 0. The van der Waals surface area contributed by atoms with Gasteiger partial charge in [-0.25, -0.2) is 0 Å². The molecule has 1 heterocycles. The molecule has 6 atom stereocenters. The molecule has 2 nitrogen and oxygen atoms in total. The van der Waals surface area contributed by atoms with Gasteiger partial charge in [-0.05, 0) is 55.8 Å². The molecule has 4 aliphatic carbocycles. The molecule has 5 aliphatic rings. The molecule has 1 spiro atoms. The van der Waals surface area contributed by atoms with Gasteiger partial charge in [-0.15, -0.1) is 0 Å². The quantitative estimate of drug-likeness (QED) is 0.484. The Morgan fingerprint density at radius 1 is 1.06 bits per heavy atom. The Kier molecular flexibility index (Phi) is 1.69. The maximum atomic E-state index is 12.3. The Bertz CT molecular complexity index is 446. The van der Waals surface area contributed by atoms with Crippen molar-refractivity contribution in [3.8, 4) is 0 Å². The maximum absolute atomic E-state index is 12.3. The number of ether oxygens (including phenoxy) is 1. The van der Waals surface area contributed by atoms with E-state index < -0.39 is 0 Å². The number of hydrogen-bond acceptors (Lipinski definition) is 2. The molecule has 96 valence electrons. The van der Waals surface area contributed by atoms with E-state index in [0.717, 1.165) is 24.7 Å². The number of fused-ring (bicyclic) bond motifs is 9. The van der Waals surface area contributed by atoms with Crippen LogP contribution in [0, 0.1) is 35.5 Å². The van der Waals surface area contributed by atoms with E-state index in [9.17, 15) is 4.79 Å². The molecule has 1 saturated heterocycles. The third-order valence-corrected chi connectivity index (χ3v) is 6.68. The van der Waals surface area contributed by atoms with Crippen LogP contribution in [0.2, 0.25) is 0 Å². The molecular weight excluding hydrogens is 224 g/mol. The summed E-state index contributed by atoms with van der Waals surface area (Å²) in [6.07, 6.45) is 12.3. The molecule has 6 unspecified atom stereocenters. The first-order valence-electron chi connectivity index (χ1n) is 7.71. The summed E-state index contributed by atoms with van der Waals surface area (Å²) in [6, 6.07) is 0. The Morgan fingerprint density at radius 3 is 2.56 bits per heavy atom. The highest BCUT2D eigenvalue weighted by Crippen LogP contribution is 2.71. The maximum Gasteiger partial charge on any atom is 0.310 e. The number of carbonyl (C=O) groups is 1. The molecule has 5 rings (SSSR count). The van der Waals surface area contributed by atoms with Gasteiger partial charge in [0.1, 0.15) is 5.60 Å². The SMILES string of the molecule is O=C1OC2(CCCCC2)C2C1C1C3C=CC(C3)C12. The highest BCUT2D eigenvalue weighted by atomic mass is 16.6. The topological polar surface area (TPSA) is 26.3 Å². The smallest absolute Gasteiger partial charge is 0.310 e. The van der Waals surface area contributed by atoms with E-state index in [1.165, 1.54) is 25.7 Å². The Hall–Kier alpha value is -0.790. The van der Waals surface area contributed by atoms with Crippen LogP contribution < -0.4 is 0 Å². The molecule has 0 aromatic heterocycles. The van der Waals surface area contributed by atoms with Gasteiger partial charge in [0.05, 0.1) is 5.92 Å². The lowest BCUT2D eigenvalue weighted by Crippen LogP contribution is -2.56. The van der Waals surface area contributed by atoms with Crippen molar-refractivity contribution >= 4 is 5.97 Å². The van der Waals surface area contributed by atoms with Crippen LogP contribution in [0.25, 0.3) is 0 Å². The van der Waals surface area contributed by atoms with Gasteiger partial charge in [-0.2, -0.15) is 0 Å². The van der Waals surface area contributed by atoms with Crippen LogP contribution in [0.15, 0.2) is 12.2 Å². The summed E-state index contributed by atoms with van der Waals surface area (Å²) < 4.78 is 5.97. The van der Waals surface area contributed by atoms with Gasteiger partial charge in [-0.1, -0.05) is 18.6 Å². The first-order chi connectivity index (χ1) is 8.80. The van der Waals surface area contributed by atoms with Crippen LogP contribution in [0.3, 0.4) is 0 Å². The first kappa shape index (κ1) is 10.1. The Balaban J connectivity index is 1.55. The summed E-state index contributed by atoms with van der Waals surface area (Å²) in [5.74, 6) is 3.92. The van der Waals surface area contributed by atoms with Gasteiger partial charge in [0.25, 0.3) is 0 Å². The molecule has 3 saturated carbocycles. The lowest BCUT2D eigenvalue weighted by atomic mass is 9.48. The summed E-state index contributed by atoms with van der Waals surface area (Å²) in [5.41, 5.74) is -0.0283. The standard InChI is InChI=1S/C16H20O2/c17-15-13-11-9-4-5-10(8-9)12(11)14(13)16(18-15)6-2-1-3-7-16/h4-5,9-14H,1-3,6-8H2. The summed E-state index contributed by atoms with van der Waals surface area (Å²) >= 11 is 0. The zero-order valence-corrected chi connectivity index (χ0v) is 10.7. The minimum Gasteiger partial charge on any atom is -0.459 e. The average molecular weight is 244 g/mol. The number of esters is 1. The highest BCUT2D eigenvalue weighted by molar-refractivity contribution is 5.79. The van der Waals surface area contributed by atoms with Crippen molar-refractivity contribution in [3.63, 3.8) is 0 Å². The second-order valence-electron chi connectivity index (χ2n) is 7.20. The third kappa shape index (κ3) is 0.938. The predicted molar refractivity (Wildman–Crippen MR) is 66.6 cm³/mol. The number of allylic oxidation sites excluding steroid dienone is 2. The Labute approximate surface area is 108 Å². The first-order valence-corrected chi connectivity index (χ1v) is 7.71. The molecule has 0 radical (unpaired) electrons. The fourth-order valence-electron chi connectivity index (χ4n) is 6.15. The molecule has 0 aromatic carbocycles. The molecule has 2 heteroatoms. The Morgan fingerprint density at radius 2 is 1.78 bits per heavy atom. The summed E-state index contributed by atoms with van der Waals surface area (Å²) in [4.78, 5) is 12.3. The van der Waals surface area contributed by atoms with Crippen molar-refractivity contribution in [1.82, 2.24) is 0 Å². The molecule has 0 aromatic rings. The van der Waals surface area contributed by atoms with Gasteiger partial charge in [0, 0.05) is 5.92 Å². The van der Waals surface area contributed by atoms with Crippen molar-refractivity contribution in [1.29, 1.82) is 0 Å². The summed E-state index contributed by atoms with van der Waals surface area (Å²) in [5, 5.41) is 0. The molecular formula is C16H20O2. The van der Waals surface area contributed by atoms with E-state index in [1.807, 2.05) is 0 Å². The molecule has 0 N–H and O–H groups in total. The van der Waals surface area contributed by atoms with E-state index in [2.05, 4.69) is 12.2 Å². The zero-order chi connectivity index (χ0) is 11.9. The summed E-state index contributed by atoms with van der Waals surface area (Å²) in [7, 11) is 0. The largest absolute Gasteiger partial charge is 0.459 e. The second-order valence-corrected chi connectivity index (χ2v) is 7.20. The molecule has 4 fully saturated rings. The minimum absolute atomic E-state index is 0.0283. The minimum atomic E-state index is -0.0283. The highest BCUT2D eigenvalue weighted by Gasteiger charge is 2.73. The van der Waals surface area contributed by atoms with Gasteiger partial charge in [-0.3, -0.25) is 4.79 Å². The zero-order valence-electron chi connectivity index (χ0n) is 10.7. The van der Waals surface area contributed by atoms with E-state index in [-0.39, 0.29) is 17.5 Å². The van der Waals surface area contributed by atoms with Crippen LogP contribution in [0.5, 0.6) is 0 Å². The van der Waals surface area contributed by atoms with Crippen LogP contribution in [-0.2, 0) is 9.53 Å². The molecule has 18 heavy (non-hydrogen) atoms. The van der Waals surface area contributed by atoms with Crippen LogP contribution in [-0.4, -0.2) is 11.6 Å². The average Bonchev–Trinajstić information content (AvgIpc) is 2.92. The molecule has 0 amide bonds. The lowest BCUT2D eigenvalue weighted by Gasteiger charge is -2.53. The van der Waals surface area contributed by atoms with Crippen molar-refractivity contribution in [2.24, 2.45) is 35.5 Å². The second kappa shape index (κ2) is 3.02. The number of carbonyl (C=O) groups excluding carboxylic acids is 1. The van der Waals surface area contributed by atoms with Crippen LogP contribution in [0.4, 0.5) is 0 Å². The fourth-order valence-corrected chi connectivity index (χ4v) is 6.15. The monoisotopic (exact) mass is 244 g/mol. The van der Waals surface area contributed by atoms with Crippen LogP contribution >= 0.6 is 0 Å². The predicted octanol–water partition coefficient (Wildman–Crippen LogP) is 2.93. The van der Waals surface area contributed by atoms with Gasteiger partial charge in [0.15, 0.2) is 0 Å². The van der Waals surface area contributed by atoms with Crippen molar-refractivity contribution in [2.45, 2.75) is 44.1 Å². The molecule has 1 aliphatic heterocycles.